The number of hydrogen-bond acceptors (Lipinski definition) is 5. The average Bonchev–Trinajstić information content (AvgIpc) is 3.57. The lowest BCUT2D eigenvalue weighted by molar-refractivity contribution is -0.148. The summed E-state index contributed by atoms with van der Waals surface area (Å²) in [6.45, 7) is 13.0. The summed E-state index contributed by atoms with van der Waals surface area (Å²) in [6.07, 6.45) is 10.8. The van der Waals surface area contributed by atoms with Gasteiger partial charge in [-0.15, -0.1) is 24.9 Å². The van der Waals surface area contributed by atoms with Crippen LogP contribution in [0.25, 0.3) is 0 Å². The van der Waals surface area contributed by atoms with E-state index in [-0.39, 0.29) is 30.4 Å². The quantitative estimate of drug-likeness (QED) is 0.352. The minimum absolute atomic E-state index is 0.0402. The normalized spacial score (nSPS) is 31.1. The fourth-order valence-corrected chi connectivity index (χ4v) is 10.7. The highest BCUT2D eigenvalue weighted by Gasteiger charge is 2.78. The third-order valence-electron chi connectivity index (χ3n) is 10.3. The fraction of sp³-hybridized carbons (Fsp3) is 0.618. The van der Waals surface area contributed by atoms with Gasteiger partial charge in [0.2, 0.25) is 17.7 Å². The molecule has 1 aromatic rings. The molecule has 228 valence electrons. The van der Waals surface area contributed by atoms with Gasteiger partial charge in [-0.25, -0.2) is 0 Å². The van der Waals surface area contributed by atoms with Crippen molar-refractivity contribution < 1.29 is 19.5 Å². The number of rotatable bonds is 12. The van der Waals surface area contributed by atoms with Crippen LogP contribution in [-0.4, -0.2) is 84.8 Å². The first-order valence-electron chi connectivity index (χ1n) is 15.7. The molecule has 5 rings (SSSR count). The molecule has 3 heterocycles. The number of thioether (sulfide) groups is 1. The molecule has 1 saturated carbocycles. The first-order chi connectivity index (χ1) is 20.3. The lowest BCUT2D eigenvalue weighted by atomic mass is 9.66. The van der Waals surface area contributed by atoms with Crippen LogP contribution >= 0.6 is 11.8 Å². The first-order valence-corrected chi connectivity index (χ1v) is 16.6. The molecule has 2 bridgehead atoms. The van der Waals surface area contributed by atoms with E-state index in [4.69, 9.17) is 0 Å². The number of fused-ring (bicyclic) bond motifs is 1. The van der Waals surface area contributed by atoms with Crippen LogP contribution in [0.5, 0.6) is 0 Å². The third-order valence-corrected chi connectivity index (χ3v) is 12.3. The average molecular weight is 594 g/mol. The highest BCUT2D eigenvalue weighted by molar-refractivity contribution is 8.02. The molecule has 7 nitrogen and oxygen atoms in total. The van der Waals surface area contributed by atoms with Gasteiger partial charge in [0, 0.05) is 30.4 Å². The topological polar surface area (TPSA) is 81.2 Å². The van der Waals surface area contributed by atoms with Gasteiger partial charge in [0.05, 0.1) is 29.2 Å². The van der Waals surface area contributed by atoms with Gasteiger partial charge >= 0.3 is 0 Å². The maximum Gasteiger partial charge on any atom is 0.247 e. The highest BCUT2D eigenvalue weighted by Crippen LogP contribution is 2.72. The lowest BCUT2D eigenvalue weighted by Gasteiger charge is -2.42. The second kappa shape index (κ2) is 12.6. The summed E-state index contributed by atoms with van der Waals surface area (Å²) in [5, 5.41) is 10.4. The van der Waals surface area contributed by atoms with Crippen LogP contribution in [0.4, 0.5) is 0 Å². The van der Waals surface area contributed by atoms with E-state index >= 15 is 0 Å². The minimum Gasteiger partial charge on any atom is -0.394 e. The molecule has 42 heavy (non-hydrogen) atoms. The second-order valence-corrected chi connectivity index (χ2v) is 14.7. The fourth-order valence-electron chi connectivity index (χ4n) is 8.32. The number of aliphatic hydroxyl groups excluding tert-OH is 1. The Morgan fingerprint density at radius 2 is 1.79 bits per heavy atom. The van der Waals surface area contributed by atoms with Gasteiger partial charge in [-0.2, -0.15) is 0 Å². The lowest BCUT2D eigenvalue weighted by Crippen LogP contribution is -2.59. The van der Waals surface area contributed by atoms with Gasteiger partial charge in [-0.3, -0.25) is 14.4 Å². The van der Waals surface area contributed by atoms with E-state index in [0.29, 0.717) is 32.5 Å². The van der Waals surface area contributed by atoms with Crippen molar-refractivity contribution in [2.24, 2.45) is 11.8 Å². The van der Waals surface area contributed by atoms with Crippen LogP contribution in [0.1, 0.15) is 70.8 Å². The molecule has 1 spiro atoms. The van der Waals surface area contributed by atoms with Crippen LogP contribution in [0.3, 0.4) is 0 Å². The molecule has 1 aromatic carbocycles. The predicted octanol–water partition coefficient (Wildman–Crippen LogP) is 4.80. The summed E-state index contributed by atoms with van der Waals surface area (Å²) in [5.74, 6) is -1.39. The number of amides is 3. The Bertz CT molecular complexity index is 1180. The van der Waals surface area contributed by atoms with E-state index in [1.807, 2.05) is 47.1 Å². The minimum atomic E-state index is -0.708. The molecule has 6 atom stereocenters. The molecule has 3 aliphatic heterocycles. The summed E-state index contributed by atoms with van der Waals surface area (Å²) in [5.41, 5.74) is 1.02. The molecular formula is C34H47N3O4S. The van der Waals surface area contributed by atoms with Gasteiger partial charge in [0.1, 0.15) is 6.04 Å². The Hall–Kier alpha value is -2.58. The molecule has 3 saturated heterocycles. The van der Waals surface area contributed by atoms with E-state index in [1.54, 1.807) is 28.8 Å². The number of aliphatic hydroxyl groups is 1. The largest absolute Gasteiger partial charge is 0.394 e. The number of nitrogens with zero attached hydrogens (tertiary/aromatic N) is 3. The Kier molecular flexibility index (Phi) is 9.24. The van der Waals surface area contributed by atoms with Crippen molar-refractivity contribution in [3.63, 3.8) is 0 Å². The van der Waals surface area contributed by atoms with E-state index in [9.17, 15) is 19.5 Å². The number of hydrogen-bond donors (Lipinski definition) is 1. The molecule has 8 heteroatoms. The highest BCUT2D eigenvalue weighted by atomic mass is 32.2. The van der Waals surface area contributed by atoms with Crippen molar-refractivity contribution in [3.05, 3.63) is 61.2 Å². The van der Waals surface area contributed by atoms with Crippen molar-refractivity contribution in [3.8, 4) is 0 Å². The number of benzene rings is 1. The summed E-state index contributed by atoms with van der Waals surface area (Å²) in [4.78, 5) is 49.4. The van der Waals surface area contributed by atoms with E-state index < -0.39 is 33.4 Å². The van der Waals surface area contributed by atoms with E-state index in [0.717, 1.165) is 37.7 Å². The first kappa shape index (κ1) is 30.9. The molecule has 2 unspecified atom stereocenters. The van der Waals surface area contributed by atoms with Crippen molar-refractivity contribution in [1.29, 1.82) is 0 Å². The maximum absolute atomic E-state index is 14.8. The second-order valence-electron chi connectivity index (χ2n) is 12.8. The standard InChI is InChI=1S/C34H47N3O4S/c1-5-20-35(22-24-14-10-8-11-15-24)30(39)27-28-31(40)37(25(7-3)23-38)29(34(28)19-18-33(27,4)42-34)32(41)36(21-6-2)26-16-12-9-13-17-26/h5-6,8,10-11,14-15,25-29,38H,1-2,7,9,12-13,16-23H2,3-4H3/t25-,27+,28-,29?,33-,34?/m0/s1. The van der Waals surface area contributed by atoms with Crippen LogP contribution in [0, 0.1) is 11.8 Å². The number of likely N-dealkylation sites (tertiary alicyclic amines) is 1. The molecule has 1 aliphatic carbocycles. The Morgan fingerprint density at radius 3 is 2.40 bits per heavy atom. The molecule has 3 amide bonds. The number of carbonyl (C=O) groups excluding carboxylic acids is 3. The molecule has 0 radical (unpaired) electrons. The number of carbonyl (C=O) groups is 3. The van der Waals surface area contributed by atoms with Gasteiger partial charge in [-0.05, 0) is 44.6 Å². The van der Waals surface area contributed by atoms with Crippen molar-refractivity contribution in [2.45, 2.75) is 99.4 Å². The summed E-state index contributed by atoms with van der Waals surface area (Å²) in [7, 11) is 0. The molecular weight excluding hydrogens is 546 g/mol. The van der Waals surface area contributed by atoms with Gasteiger partial charge in [0.25, 0.3) is 0 Å². The van der Waals surface area contributed by atoms with E-state index in [2.05, 4.69) is 20.1 Å². The molecule has 1 N–H and O–H groups in total. The zero-order chi connectivity index (χ0) is 30.1. The Morgan fingerprint density at radius 1 is 1.10 bits per heavy atom. The monoisotopic (exact) mass is 593 g/mol. The SMILES string of the molecule is C=CCN(Cc1ccccc1)C(=O)[C@H]1[C@H]2C(=O)N([C@@H](CC)CO)C(C(=O)N(CC=C)C3CCCCC3)C23CC[C@]1(C)S3. The van der Waals surface area contributed by atoms with Gasteiger partial charge < -0.3 is 19.8 Å². The Labute approximate surface area is 255 Å². The van der Waals surface area contributed by atoms with Crippen molar-refractivity contribution in [1.82, 2.24) is 14.7 Å². The molecule has 4 aliphatic rings. The molecule has 0 aromatic heterocycles. The predicted molar refractivity (Wildman–Crippen MR) is 168 cm³/mol. The summed E-state index contributed by atoms with van der Waals surface area (Å²) < 4.78 is -1.15. The zero-order valence-corrected chi connectivity index (χ0v) is 26.1. The third kappa shape index (κ3) is 5.12. The van der Waals surface area contributed by atoms with Crippen LogP contribution in [0.15, 0.2) is 55.6 Å². The zero-order valence-electron chi connectivity index (χ0n) is 25.2. The van der Waals surface area contributed by atoms with Gasteiger partial charge in [0.15, 0.2) is 0 Å². The smallest absolute Gasteiger partial charge is 0.247 e. The van der Waals surface area contributed by atoms with Crippen LogP contribution < -0.4 is 0 Å². The summed E-state index contributed by atoms with van der Waals surface area (Å²) in [6, 6.07) is 8.84. The maximum atomic E-state index is 14.8. The molecule has 4 fully saturated rings. The summed E-state index contributed by atoms with van der Waals surface area (Å²) >= 11 is 1.70. The van der Waals surface area contributed by atoms with Crippen LogP contribution in [0.2, 0.25) is 0 Å². The van der Waals surface area contributed by atoms with Gasteiger partial charge in [-0.1, -0.05) is 68.7 Å². The van der Waals surface area contributed by atoms with Crippen molar-refractivity contribution in [2.75, 3.05) is 19.7 Å². The van der Waals surface area contributed by atoms with Crippen LogP contribution in [-0.2, 0) is 20.9 Å². The van der Waals surface area contributed by atoms with E-state index in [1.165, 1.54) is 6.42 Å². The Balaban J connectivity index is 1.55. The van der Waals surface area contributed by atoms with Crippen molar-refractivity contribution >= 4 is 29.5 Å².